The van der Waals surface area contributed by atoms with E-state index in [2.05, 4.69) is 5.32 Å². The third-order valence-corrected chi connectivity index (χ3v) is 3.37. The van der Waals surface area contributed by atoms with Gasteiger partial charge in [0.1, 0.15) is 0 Å². The first-order valence-corrected chi connectivity index (χ1v) is 5.66. The minimum atomic E-state index is -4.52. The first kappa shape index (κ1) is 13.3. The Morgan fingerprint density at radius 1 is 1.57 bits per heavy atom. The quantitative estimate of drug-likeness (QED) is 0.447. The van der Waals surface area contributed by atoms with Gasteiger partial charge in [-0.3, -0.25) is 15.1 Å². The molecule has 1 unspecified atom stereocenters. The molecule has 0 aliphatic heterocycles. The summed E-state index contributed by atoms with van der Waals surface area (Å²) in [4.78, 5) is 8.90. The average Bonchev–Trinajstić information content (AvgIpc) is 2.01. The Morgan fingerprint density at radius 2 is 2.00 bits per heavy atom. The summed E-state index contributed by atoms with van der Waals surface area (Å²) in [5.74, 6) is -1.16. The number of rotatable bonds is 4. The maximum absolute atomic E-state index is 11.0. The number of hydrogen-bond acceptors (Lipinski definition) is 4. The highest BCUT2D eigenvalue weighted by molar-refractivity contribution is 7.87. The van der Waals surface area contributed by atoms with E-state index >= 15 is 0 Å². The lowest BCUT2D eigenvalue weighted by Crippen LogP contribution is -2.64. The maximum Gasteiger partial charge on any atom is 0.303 e. The molecule has 0 aromatic heterocycles. The van der Waals surface area contributed by atoms with Crippen LogP contribution in [0.3, 0.4) is 0 Å². The number of carbonyl (C=O) groups excluding carboxylic acids is 1. The molecule has 1 amide bonds. The van der Waals surface area contributed by atoms with Crippen LogP contribution in [-0.2, 0) is 14.9 Å². The Bertz CT molecular complexity index is 312. The van der Waals surface area contributed by atoms with Crippen LogP contribution in [-0.4, -0.2) is 23.9 Å². The van der Waals surface area contributed by atoms with Crippen LogP contribution in [0, 0.1) is 5.92 Å². The van der Waals surface area contributed by atoms with Crippen LogP contribution < -0.4 is 11.1 Å². The van der Waals surface area contributed by atoms with Crippen molar-refractivity contribution < 1.29 is 17.8 Å². The van der Waals surface area contributed by atoms with Crippen molar-refractivity contribution in [3.05, 3.63) is 0 Å². The average molecular weight is 224 g/mol. The summed E-state index contributed by atoms with van der Waals surface area (Å²) in [5, 5.41) is 2.08. The molecule has 0 aliphatic carbocycles. The first-order valence-electron chi connectivity index (χ1n) is 4.22. The zero-order chi connectivity index (χ0) is 11.6. The molecule has 6 nitrogen and oxygen atoms in total. The van der Waals surface area contributed by atoms with Crippen LogP contribution in [0.1, 0.15) is 27.2 Å². The van der Waals surface area contributed by atoms with Crippen molar-refractivity contribution in [3.63, 3.8) is 0 Å². The molecule has 14 heavy (non-hydrogen) atoms. The summed E-state index contributed by atoms with van der Waals surface area (Å²) in [6, 6.07) is 0. The fourth-order valence-electron chi connectivity index (χ4n) is 0.813. The molecule has 7 heteroatoms. The molecule has 0 bridgehead atoms. The molecule has 0 radical (unpaired) electrons. The molecule has 84 valence electrons. The highest BCUT2D eigenvalue weighted by Gasteiger charge is 2.43. The summed E-state index contributed by atoms with van der Waals surface area (Å²) in [5.41, 5.74) is 5.42. The Morgan fingerprint density at radius 3 is 2.21 bits per heavy atom. The van der Waals surface area contributed by atoms with E-state index in [0.29, 0.717) is 0 Å². The van der Waals surface area contributed by atoms with Crippen molar-refractivity contribution in [2.45, 2.75) is 32.2 Å². The van der Waals surface area contributed by atoms with Gasteiger partial charge < -0.3 is 5.32 Å². The van der Waals surface area contributed by atoms with E-state index in [1.54, 1.807) is 6.92 Å². The van der Waals surface area contributed by atoms with E-state index in [9.17, 15) is 13.2 Å². The van der Waals surface area contributed by atoms with Crippen molar-refractivity contribution in [1.29, 1.82) is 0 Å². The van der Waals surface area contributed by atoms with Crippen molar-refractivity contribution in [2.75, 3.05) is 0 Å². The van der Waals surface area contributed by atoms with Gasteiger partial charge in [-0.25, -0.2) is 0 Å². The van der Waals surface area contributed by atoms with Gasteiger partial charge in [-0.1, -0.05) is 20.8 Å². The van der Waals surface area contributed by atoms with Crippen molar-refractivity contribution in [1.82, 2.24) is 5.32 Å². The third-order valence-electron chi connectivity index (χ3n) is 1.94. The van der Waals surface area contributed by atoms with Crippen LogP contribution in [0.5, 0.6) is 0 Å². The third kappa shape index (κ3) is 2.66. The molecule has 0 aromatic rings. The molecule has 0 spiro atoms. The van der Waals surface area contributed by atoms with Gasteiger partial charge in [0.05, 0.1) is 0 Å². The molecular weight excluding hydrogens is 208 g/mol. The number of nitrogens with one attached hydrogen (secondary N) is 1. The van der Waals surface area contributed by atoms with E-state index in [1.165, 1.54) is 13.8 Å². The lowest BCUT2D eigenvalue weighted by Gasteiger charge is -2.30. The zero-order valence-electron chi connectivity index (χ0n) is 8.44. The van der Waals surface area contributed by atoms with Crippen molar-refractivity contribution in [2.24, 2.45) is 11.7 Å². The second-order valence-electron chi connectivity index (χ2n) is 3.32. The predicted molar refractivity (Wildman–Crippen MR) is 51.7 cm³/mol. The Balaban J connectivity index is 5.04. The molecule has 1 atom stereocenters. The molecule has 0 saturated heterocycles. The van der Waals surface area contributed by atoms with Crippen LogP contribution in [0.15, 0.2) is 0 Å². The van der Waals surface area contributed by atoms with Gasteiger partial charge in [-0.2, -0.15) is 8.42 Å². The molecule has 0 rings (SSSR count). The second-order valence-corrected chi connectivity index (χ2v) is 4.95. The Labute approximate surface area is 83.6 Å². The van der Waals surface area contributed by atoms with Gasteiger partial charge in [0, 0.05) is 12.3 Å². The smallest absolute Gasteiger partial charge is 0.303 e. The monoisotopic (exact) mass is 224 g/mol. The van der Waals surface area contributed by atoms with Gasteiger partial charge in [0.2, 0.25) is 10.9 Å². The highest BCUT2D eigenvalue weighted by atomic mass is 32.2. The summed E-state index contributed by atoms with van der Waals surface area (Å²) >= 11 is 0. The molecular formula is C7H16N2O4S. The zero-order valence-corrected chi connectivity index (χ0v) is 9.26. The van der Waals surface area contributed by atoms with Crippen LogP contribution in [0.2, 0.25) is 0 Å². The predicted octanol–water partition coefficient (Wildman–Crippen LogP) is -0.331. The van der Waals surface area contributed by atoms with Crippen molar-refractivity contribution >= 4 is 16.0 Å². The van der Waals surface area contributed by atoms with Gasteiger partial charge in [-0.15, -0.1) is 0 Å². The Kier molecular flexibility index (Phi) is 4.04. The standard InChI is InChI=1S/C7H16N2O4S/c1-4-6(10)9-7(8,5(2)3)14(11,12)13/h5H,4,8H2,1-3H3,(H,9,10)(H,11,12,13). The van der Waals surface area contributed by atoms with Gasteiger partial charge >= 0.3 is 10.1 Å². The largest absolute Gasteiger partial charge is 0.323 e. The highest BCUT2D eigenvalue weighted by Crippen LogP contribution is 2.16. The number of nitrogens with two attached hydrogens (primary N) is 1. The first-order chi connectivity index (χ1) is 6.15. The van der Waals surface area contributed by atoms with Gasteiger partial charge in [0.15, 0.2) is 0 Å². The number of amides is 1. The molecule has 0 heterocycles. The minimum absolute atomic E-state index is 0.0984. The van der Waals surface area contributed by atoms with Crippen LogP contribution in [0.4, 0.5) is 0 Å². The SMILES string of the molecule is CCC(=O)NC(N)(C(C)C)S(=O)(=O)O. The minimum Gasteiger partial charge on any atom is -0.323 e. The fraction of sp³-hybridized carbons (Fsp3) is 0.857. The second kappa shape index (κ2) is 4.24. The van der Waals surface area contributed by atoms with E-state index < -0.39 is 26.9 Å². The van der Waals surface area contributed by atoms with E-state index in [4.69, 9.17) is 10.3 Å². The normalized spacial score (nSPS) is 16.4. The lowest BCUT2D eigenvalue weighted by atomic mass is 10.1. The molecule has 0 saturated carbocycles. The summed E-state index contributed by atoms with van der Waals surface area (Å²) < 4.78 is 30.8. The maximum atomic E-state index is 11.0. The lowest BCUT2D eigenvalue weighted by molar-refractivity contribution is -0.122. The molecule has 0 fully saturated rings. The van der Waals surface area contributed by atoms with Crippen LogP contribution in [0.25, 0.3) is 0 Å². The molecule has 0 aromatic carbocycles. The van der Waals surface area contributed by atoms with Crippen LogP contribution >= 0.6 is 0 Å². The number of hydrogen-bond donors (Lipinski definition) is 3. The summed E-state index contributed by atoms with van der Waals surface area (Å²) in [6.07, 6.45) is 0.0984. The fourth-order valence-corrected chi connectivity index (χ4v) is 1.65. The molecule has 0 aliphatic rings. The summed E-state index contributed by atoms with van der Waals surface area (Å²) in [6.45, 7) is 4.54. The topological polar surface area (TPSA) is 109 Å². The van der Waals surface area contributed by atoms with E-state index in [-0.39, 0.29) is 6.42 Å². The van der Waals surface area contributed by atoms with Gasteiger partial charge in [-0.05, 0) is 0 Å². The van der Waals surface area contributed by atoms with E-state index in [0.717, 1.165) is 0 Å². The number of carbonyl (C=O) groups is 1. The van der Waals surface area contributed by atoms with Crippen molar-refractivity contribution in [3.8, 4) is 0 Å². The Hall–Kier alpha value is -0.660. The van der Waals surface area contributed by atoms with Gasteiger partial charge in [0.25, 0.3) is 0 Å². The summed E-state index contributed by atoms with van der Waals surface area (Å²) in [7, 11) is -4.52. The molecule has 4 N–H and O–H groups in total. The van der Waals surface area contributed by atoms with E-state index in [1.807, 2.05) is 0 Å².